The van der Waals surface area contributed by atoms with Gasteiger partial charge in [0.1, 0.15) is 6.10 Å². The van der Waals surface area contributed by atoms with Crippen LogP contribution in [0.25, 0.3) is 0 Å². The highest BCUT2D eigenvalue weighted by Crippen LogP contribution is 2.38. The van der Waals surface area contributed by atoms with Crippen molar-refractivity contribution in [1.82, 2.24) is 5.43 Å². The van der Waals surface area contributed by atoms with E-state index in [2.05, 4.69) is 17.6 Å². The number of hydrazine groups is 1. The molecule has 2 rings (SSSR count). The minimum atomic E-state index is -0.498. The fourth-order valence-corrected chi connectivity index (χ4v) is 3.29. The summed E-state index contributed by atoms with van der Waals surface area (Å²) in [5.74, 6) is 4.86. The number of benzene rings is 1. The van der Waals surface area contributed by atoms with Gasteiger partial charge in [-0.1, -0.05) is 18.2 Å². The molecule has 0 fully saturated rings. The molecule has 2 unspecified atom stereocenters. The first-order chi connectivity index (χ1) is 7.76. The molecule has 0 aliphatic carbocycles. The van der Waals surface area contributed by atoms with Crippen LogP contribution in [0.2, 0.25) is 0 Å². The average molecular weight is 238 g/mol. The number of hydrogen-bond donors (Lipinski definition) is 2. The van der Waals surface area contributed by atoms with Gasteiger partial charge in [0.2, 0.25) is 0 Å². The van der Waals surface area contributed by atoms with Gasteiger partial charge in [-0.05, 0) is 18.1 Å². The quantitative estimate of drug-likeness (QED) is 0.462. The number of methoxy groups -OCH3 is 1. The highest BCUT2D eigenvalue weighted by Gasteiger charge is 2.33. The second-order valence-electron chi connectivity index (χ2n) is 3.63. The molecule has 5 heteroatoms. The van der Waals surface area contributed by atoms with Gasteiger partial charge in [-0.25, -0.2) is 5.84 Å². The average Bonchev–Trinajstić information content (AvgIpc) is 2.72. The third kappa shape index (κ3) is 2.07. The molecule has 1 aliphatic rings. The van der Waals surface area contributed by atoms with E-state index < -0.39 is 6.10 Å². The zero-order valence-corrected chi connectivity index (χ0v) is 9.79. The Morgan fingerprint density at radius 3 is 3.00 bits per heavy atom. The molecule has 1 heterocycles. The first-order valence-electron chi connectivity index (χ1n) is 5.04. The van der Waals surface area contributed by atoms with Gasteiger partial charge in [0.15, 0.2) is 0 Å². The number of thioether (sulfide) groups is 1. The summed E-state index contributed by atoms with van der Waals surface area (Å²) in [5, 5.41) is 0.103. The van der Waals surface area contributed by atoms with Crippen LogP contribution in [0.1, 0.15) is 5.56 Å². The number of amides is 1. The molecule has 0 radical (unpaired) electrons. The van der Waals surface area contributed by atoms with E-state index in [1.807, 2.05) is 12.1 Å². The van der Waals surface area contributed by atoms with Gasteiger partial charge in [-0.3, -0.25) is 10.2 Å². The fraction of sp³-hybridized carbons (Fsp3) is 0.364. The molecule has 4 nitrogen and oxygen atoms in total. The summed E-state index contributed by atoms with van der Waals surface area (Å²) in [5.41, 5.74) is 3.41. The van der Waals surface area contributed by atoms with Crippen LogP contribution in [-0.4, -0.2) is 24.4 Å². The second-order valence-corrected chi connectivity index (χ2v) is 4.91. The highest BCUT2D eigenvalue weighted by molar-refractivity contribution is 8.00. The lowest BCUT2D eigenvalue weighted by Gasteiger charge is -2.19. The third-order valence-electron chi connectivity index (χ3n) is 2.66. The van der Waals surface area contributed by atoms with E-state index in [0.29, 0.717) is 0 Å². The molecule has 16 heavy (non-hydrogen) atoms. The van der Waals surface area contributed by atoms with Crippen LogP contribution in [0.5, 0.6) is 0 Å². The molecule has 3 N–H and O–H groups in total. The molecule has 1 aromatic rings. The van der Waals surface area contributed by atoms with Crippen LogP contribution in [0.3, 0.4) is 0 Å². The number of rotatable bonds is 3. The molecule has 0 spiro atoms. The first kappa shape index (κ1) is 11.4. The van der Waals surface area contributed by atoms with Crippen molar-refractivity contribution in [3.63, 3.8) is 0 Å². The van der Waals surface area contributed by atoms with Crippen LogP contribution in [0, 0.1) is 0 Å². The van der Waals surface area contributed by atoms with Gasteiger partial charge >= 0.3 is 0 Å². The standard InChI is InChI=1S/C11H14N2O2S/c1-15-10(11(14)13-12)9-6-7-4-2-3-5-8(7)16-9/h2-5,9-10H,6,12H2,1H3,(H,13,14). The molecule has 0 saturated heterocycles. The Morgan fingerprint density at radius 2 is 2.38 bits per heavy atom. The number of fused-ring (bicyclic) bond motifs is 1. The summed E-state index contributed by atoms with van der Waals surface area (Å²) >= 11 is 1.67. The largest absolute Gasteiger partial charge is 0.370 e. The topological polar surface area (TPSA) is 64.3 Å². The van der Waals surface area contributed by atoms with Crippen molar-refractivity contribution in [2.24, 2.45) is 5.84 Å². The monoisotopic (exact) mass is 238 g/mol. The number of nitrogens with one attached hydrogen (secondary N) is 1. The number of nitrogens with two attached hydrogens (primary N) is 1. The van der Waals surface area contributed by atoms with Gasteiger partial charge in [-0.2, -0.15) is 0 Å². The molecular formula is C11H14N2O2S. The third-order valence-corrected chi connectivity index (χ3v) is 4.03. The summed E-state index contributed by atoms with van der Waals surface area (Å²) < 4.78 is 5.21. The van der Waals surface area contributed by atoms with Crippen LogP contribution >= 0.6 is 11.8 Å². The molecular weight excluding hydrogens is 224 g/mol. The molecule has 1 amide bonds. The van der Waals surface area contributed by atoms with E-state index in [0.717, 1.165) is 6.42 Å². The Balaban J connectivity index is 2.12. The van der Waals surface area contributed by atoms with Crippen molar-refractivity contribution < 1.29 is 9.53 Å². The fourth-order valence-electron chi connectivity index (χ4n) is 1.89. The Hall–Kier alpha value is -1.04. The van der Waals surface area contributed by atoms with Crippen LogP contribution in [0.15, 0.2) is 29.2 Å². The Bertz CT molecular complexity index is 372. The van der Waals surface area contributed by atoms with Crippen molar-refractivity contribution in [1.29, 1.82) is 0 Å². The van der Waals surface area contributed by atoms with Gasteiger partial charge in [0, 0.05) is 17.3 Å². The Morgan fingerprint density at radius 1 is 1.62 bits per heavy atom. The lowest BCUT2D eigenvalue weighted by Crippen LogP contribution is -2.45. The molecule has 0 aromatic heterocycles. The molecule has 0 saturated carbocycles. The number of carbonyl (C=O) groups excluding carboxylic acids is 1. The highest BCUT2D eigenvalue weighted by atomic mass is 32.2. The van der Waals surface area contributed by atoms with E-state index in [1.54, 1.807) is 11.8 Å². The van der Waals surface area contributed by atoms with Crippen molar-refractivity contribution in [2.45, 2.75) is 22.7 Å². The van der Waals surface area contributed by atoms with E-state index in [9.17, 15) is 4.79 Å². The predicted molar refractivity (Wildman–Crippen MR) is 62.9 cm³/mol. The zero-order chi connectivity index (χ0) is 11.5. The zero-order valence-electron chi connectivity index (χ0n) is 8.97. The maximum absolute atomic E-state index is 11.5. The molecule has 86 valence electrons. The molecule has 1 aromatic carbocycles. The number of ether oxygens (including phenoxy) is 1. The first-order valence-corrected chi connectivity index (χ1v) is 5.92. The van der Waals surface area contributed by atoms with E-state index >= 15 is 0 Å². The van der Waals surface area contributed by atoms with Gasteiger partial charge < -0.3 is 4.74 Å². The number of carbonyl (C=O) groups is 1. The summed E-state index contributed by atoms with van der Waals surface area (Å²) in [6, 6.07) is 8.15. The Kier molecular flexibility index (Phi) is 3.48. The smallest absolute Gasteiger partial charge is 0.264 e. The maximum atomic E-state index is 11.5. The lowest BCUT2D eigenvalue weighted by atomic mass is 10.1. The summed E-state index contributed by atoms with van der Waals surface area (Å²) in [6.45, 7) is 0. The van der Waals surface area contributed by atoms with E-state index in [1.165, 1.54) is 17.6 Å². The SMILES string of the molecule is COC(C(=O)NN)C1Cc2ccccc2S1. The van der Waals surface area contributed by atoms with Gasteiger partial charge in [-0.15, -0.1) is 11.8 Å². The van der Waals surface area contributed by atoms with E-state index in [4.69, 9.17) is 10.6 Å². The molecule has 2 atom stereocenters. The second kappa shape index (κ2) is 4.86. The lowest BCUT2D eigenvalue weighted by molar-refractivity contribution is -0.131. The minimum Gasteiger partial charge on any atom is -0.370 e. The summed E-state index contributed by atoms with van der Waals surface area (Å²) in [4.78, 5) is 12.7. The van der Waals surface area contributed by atoms with Crippen LogP contribution in [-0.2, 0) is 16.0 Å². The van der Waals surface area contributed by atoms with Crippen LogP contribution in [0.4, 0.5) is 0 Å². The molecule has 1 aliphatic heterocycles. The predicted octanol–water partition coefficient (Wildman–Crippen LogP) is 0.708. The van der Waals surface area contributed by atoms with Crippen molar-refractivity contribution in [3.05, 3.63) is 29.8 Å². The molecule has 0 bridgehead atoms. The van der Waals surface area contributed by atoms with Gasteiger partial charge in [0.25, 0.3) is 5.91 Å². The number of hydrogen-bond acceptors (Lipinski definition) is 4. The summed E-state index contributed by atoms with van der Waals surface area (Å²) in [6.07, 6.45) is 0.342. The van der Waals surface area contributed by atoms with E-state index in [-0.39, 0.29) is 11.2 Å². The summed E-state index contributed by atoms with van der Waals surface area (Å²) in [7, 11) is 1.53. The minimum absolute atomic E-state index is 0.103. The maximum Gasteiger partial charge on any atom is 0.264 e. The van der Waals surface area contributed by atoms with Crippen molar-refractivity contribution >= 4 is 17.7 Å². The van der Waals surface area contributed by atoms with Crippen molar-refractivity contribution in [2.75, 3.05) is 7.11 Å². The van der Waals surface area contributed by atoms with Gasteiger partial charge in [0.05, 0.1) is 0 Å². The Labute approximate surface area is 98.5 Å². The normalized spacial score (nSPS) is 20.2. The van der Waals surface area contributed by atoms with Crippen molar-refractivity contribution in [3.8, 4) is 0 Å². The van der Waals surface area contributed by atoms with Crippen LogP contribution < -0.4 is 11.3 Å².